The number of nitrogens with zero attached hydrogens (tertiary/aromatic N) is 3. The highest BCUT2D eigenvalue weighted by atomic mass is 32.1. The second-order valence-corrected chi connectivity index (χ2v) is 5.54. The Hall–Kier alpha value is -1.20. The molecule has 0 radical (unpaired) electrons. The third-order valence-electron chi connectivity index (χ3n) is 2.34. The van der Waals surface area contributed by atoms with Crippen LogP contribution in [0.1, 0.15) is 24.4 Å². The van der Waals surface area contributed by atoms with E-state index in [2.05, 4.69) is 47.0 Å². The van der Waals surface area contributed by atoms with E-state index in [1.165, 1.54) is 4.88 Å². The summed E-state index contributed by atoms with van der Waals surface area (Å²) in [6, 6.07) is 4.17. The minimum absolute atomic E-state index is 0.663. The van der Waals surface area contributed by atoms with Gasteiger partial charge in [0.25, 0.3) is 0 Å². The Labute approximate surface area is 106 Å². The molecule has 0 amide bonds. The van der Waals surface area contributed by atoms with E-state index < -0.39 is 0 Å². The monoisotopic (exact) mass is 250 g/mol. The Morgan fingerprint density at radius 3 is 3.06 bits per heavy atom. The predicted octanol–water partition coefficient (Wildman–Crippen LogP) is 2.13. The zero-order valence-corrected chi connectivity index (χ0v) is 11.1. The second-order valence-electron chi connectivity index (χ2n) is 4.51. The van der Waals surface area contributed by atoms with Gasteiger partial charge in [-0.2, -0.15) is 0 Å². The SMILES string of the molecule is CC(C)CNCc1cn(Cc2cccs2)nn1. The molecule has 2 rings (SSSR count). The van der Waals surface area contributed by atoms with Crippen LogP contribution in [0.3, 0.4) is 0 Å². The van der Waals surface area contributed by atoms with Crippen molar-refractivity contribution in [3.63, 3.8) is 0 Å². The van der Waals surface area contributed by atoms with Gasteiger partial charge in [-0.3, -0.25) is 0 Å². The van der Waals surface area contributed by atoms with Crippen LogP contribution in [0.25, 0.3) is 0 Å². The molecule has 17 heavy (non-hydrogen) atoms. The molecule has 0 spiro atoms. The van der Waals surface area contributed by atoms with Crippen LogP contribution in [-0.4, -0.2) is 21.5 Å². The van der Waals surface area contributed by atoms with Crippen molar-refractivity contribution < 1.29 is 0 Å². The molecule has 92 valence electrons. The van der Waals surface area contributed by atoms with Gasteiger partial charge in [0.2, 0.25) is 0 Å². The second kappa shape index (κ2) is 5.93. The Balaban J connectivity index is 1.83. The first-order chi connectivity index (χ1) is 8.24. The molecule has 0 saturated carbocycles. The fraction of sp³-hybridized carbons (Fsp3) is 0.500. The maximum Gasteiger partial charge on any atom is 0.0964 e. The first kappa shape index (κ1) is 12.3. The maximum absolute atomic E-state index is 4.15. The highest BCUT2D eigenvalue weighted by molar-refractivity contribution is 7.09. The molecule has 0 fully saturated rings. The number of thiophene rings is 1. The number of rotatable bonds is 6. The van der Waals surface area contributed by atoms with Crippen molar-refractivity contribution in [2.45, 2.75) is 26.9 Å². The highest BCUT2D eigenvalue weighted by Crippen LogP contribution is 2.09. The first-order valence-electron chi connectivity index (χ1n) is 5.86. The molecular formula is C12H18N4S. The molecule has 0 bridgehead atoms. The van der Waals surface area contributed by atoms with Crippen LogP contribution in [-0.2, 0) is 13.1 Å². The van der Waals surface area contributed by atoms with Crippen LogP contribution in [0.15, 0.2) is 23.7 Å². The van der Waals surface area contributed by atoms with Crippen molar-refractivity contribution in [2.24, 2.45) is 5.92 Å². The lowest BCUT2D eigenvalue weighted by Crippen LogP contribution is -2.19. The van der Waals surface area contributed by atoms with Gasteiger partial charge < -0.3 is 5.32 Å². The third kappa shape index (κ3) is 3.94. The van der Waals surface area contributed by atoms with E-state index in [0.717, 1.165) is 25.3 Å². The standard InChI is InChI=1S/C12H18N4S/c1-10(2)6-13-7-11-8-16(15-14-11)9-12-4-3-5-17-12/h3-5,8,10,13H,6-7,9H2,1-2H3. The predicted molar refractivity (Wildman–Crippen MR) is 70.0 cm³/mol. The Bertz CT molecular complexity index is 433. The number of hydrogen-bond donors (Lipinski definition) is 1. The van der Waals surface area contributed by atoms with Gasteiger partial charge in [0, 0.05) is 11.4 Å². The first-order valence-corrected chi connectivity index (χ1v) is 6.74. The number of nitrogens with one attached hydrogen (secondary N) is 1. The summed E-state index contributed by atoms with van der Waals surface area (Å²) in [6.45, 7) is 7.01. The molecule has 0 aliphatic carbocycles. The minimum atomic E-state index is 0.663. The van der Waals surface area contributed by atoms with Crippen molar-refractivity contribution in [1.82, 2.24) is 20.3 Å². The van der Waals surface area contributed by atoms with E-state index in [0.29, 0.717) is 5.92 Å². The fourth-order valence-electron chi connectivity index (χ4n) is 1.55. The Morgan fingerprint density at radius 2 is 2.35 bits per heavy atom. The zero-order chi connectivity index (χ0) is 12.1. The van der Waals surface area contributed by atoms with Gasteiger partial charge in [0.1, 0.15) is 0 Å². The summed E-state index contributed by atoms with van der Waals surface area (Å²) in [6.07, 6.45) is 2.01. The van der Waals surface area contributed by atoms with E-state index in [1.807, 2.05) is 10.9 Å². The molecule has 0 aliphatic rings. The molecular weight excluding hydrogens is 232 g/mol. The van der Waals surface area contributed by atoms with Crippen molar-refractivity contribution in [3.05, 3.63) is 34.3 Å². The van der Waals surface area contributed by atoms with Gasteiger partial charge in [-0.15, -0.1) is 16.4 Å². The van der Waals surface area contributed by atoms with Gasteiger partial charge in [-0.05, 0) is 23.9 Å². The van der Waals surface area contributed by atoms with E-state index in [-0.39, 0.29) is 0 Å². The van der Waals surface area contributed by atoms with Gasteiger partial charge in [-0.1, -0.05) is 25.1 Å². The summed E-state index contributed by atoms with van der Waals surface area (Å²) in [5.41, 5.74) is 1.00. The van der Waals surface area contributed by atoms with Crippen LogP contribution >= 0.6 is 11.3 Å². The highest BCUT2D eigenvalue weighted by Gasteiger charge is 2.02. The molecule has 0 unspecified atom stereocenters. The van der Waals surface area contributed by atoms with E-state index in [4.69, 9.17) is 0 Å². The molecule has 0 aliphatic heterocycles. The summed E-state index contributed by atoms with van der Waals surface area (Å²) in [4.78, 5) is 1.30. The van der Waals surface area contributed by atoms with Crippen LogP contribution in [0.4, 0.5) is 0 Å². The largest absolute Gasteiger partial charge is 0.311 e. The molecule has 5 heteroatoms. The quantitative estimate of drug-likeness (QED) is 0.854. The molecule has 2 aromatic heterocycles. The van der Waals surface area contributed by atoms with Crippen molar-refractivity contribution in [2.75, 3.05) is 6.54 Å². The Kier molecular flexibility index (Phi) is 4.28. The fourth-order valence-corrected chi connectivity index (χ4v) is 2.24. The van der Waals surface area contributed by atoms with Gasteiger partial charge >= 0.3 is 0 Å². The zero-order valence-electron chi connectivity index (χ0n) is 10.3. The maximum atomic E-state index is 4.15. The smallest absolute Gasteiger partial charge is 0.0964 e. The molecule has 1 N–H and O–H groups in total. The lowest BCUT2D eigenvalue weighted by molar-refractivity contribution is 0.548. The van der Waals surface area contributed by atoms with Crippen LogP contribution in [0.5, 0.6) is 0 Å². The average molecular weight is 250 g/mol. The van der Waals surface area contributed by atoms with E-state index in [1.54, 1.807) is 11.3 Å². The summed E-state index contributed by atoms with van der Waals surface area (Å²) in [5.74, 6) is 0.663. The lowest BCUT2D eigenvalue weighted by Gasteiger charge is -2.04. The minimum Gasteiger partial charge on any atom is -0.311 e. The van der Waals surface area contributed by atoms with Gasteiger partial charge in [0.15, 0.2) is 0 Å². The van der Waals surface area contributed by atoms with Crippen molar-refractivity contribution >= 4 is 11.3 Å². The van der Waals surface area contributed by atoms with E-state index in [9.17, 15) is 0 Å². The van der Waals surface area contributed by atoms with E-state index >= 15 is 0 Å². The van der Waals surface area contributed by atoms with Crippen LogP contribution in [0, 0.1) is 5.92 Å². The molecule has 2 heterocycles. The molecule has 4 nitrogen and oxygen atoms in total. The summed E-state index contributed by atoms with van der Waals surface area (Å²) < 4.78 is 1.89. The summed E-state index contributed by atoms with van der Waals surface area (Å²) in [7, 11) is 0. The van der Waals surface area contributed by atoms with Gasteiger partial charge in [0.05, 0.1) is 18.4 Å². The normalized spacial score (nSPS) is 11.2. The molecule has 2 aromatic rings. The number of hydrogen-bond acceptors (Lipinski definition) is 4. The molecule has 0 aromatic carbocycles. The number of aromatic nitrogens is 3. The van der Waals surface area contributed by atoms with Gasteiger partial charge in [-0.25, -0.2) is 4.68 Å². The molecule has 0 atom stereocenters. The topological polar surface area (TPSA) is 42.7 Å². The van der Waals surface area contributed by atoms with Crippen molar-refractivity contribution in [3.8, 4) is 0 Å². The lowest BCUT2D eigenvalue weighted by atomic mass is 10.2. The molecule has 0 saturated heterocycles. The Morgan fingerprint density at radius 1 is 1.47 bits per heavy atom. The van der Waals surface area contributed by atoms with Crippen molar-refractivity contribution in [1.29, 1.82) is 0 Å². The average Bonchev–Trinajstić information content (AvgIpc) is 2.90. The van der Waals surface area contributed by atoms with Crippen LogP contribution < -0.4 is 5.32 Å². The third-order valence-corrected chi connectivity index (χ3v) is 3.20. The van der Waals surface area contributed by atoms with Crippen LogP contribution in [0.2, 0.25) is 0 Å². The summed E-state index contributed by atoms with van der Waals surface area (Å²) in [5, 5.41) is 13.7. The summed E-state index contributed by atoms with van der Waals surface area (Å²) >= 11 is 1.74.